The highest BCUT2D eigenvalue weighted by Gasteiger charge is 2.15. The average Bonchev–Trinajstić information content (AvgIpc) is 3.27. The summed E-state index contributed by atoms with van der Waals surface area (Å²) < 4.78 is 2.00. The second-order valence-corrected chi connectivity index (χ2v) is 7.46. The minimum absolute atomic E-state index is 0.156. The minimum atomic E-state index is -0.156. The van der Waals surface area contributed by atoms with E-state index in [9.17, 15) is 4.79 Å². The molecule has 1 aromatic carbocycles. The molecule has 5 nitrogen and oxygen atoms in total. The van der Waals surface area contributed by atoms with Gasteiger partial charge in [-0.1, -0.05) is 12.8 Å². The predicted molar refractivity (Wildman–Crippen MR) is 98.4 cm³/mol. The summed E-state index contributed by atoms with van der Waals surface area (Å²) in [6, 6.07) is 7.98. The molecule has 2 aromatic rings. The molecule has 0 saturated heterocycles. The van der Waals surface area contributed by atoms with E-state index in [-0.39, 0.29) is 6.03 Å². The maximum Gasteiger partial charge on any atom is 0.319 e. The summed E-state index contributed by atoms with van der Waals surface area (Å²) in [5, 5.41) is 6.52. The quantitative estimate of drug-likeness (QED) is 0.743. The normalized spacial score (nSPS) is 14.7. The van der Waals surface area contributed by atoms with Crippen LogP contribution in [-0.4, -0.2) is 27.4 Å². The summed E-state index contributed by atoms with van der Waals surface area (Å²) in [5.41, 5.74) is 0.831. The molecule has 1 heterocycles. The van der Waals surface area contributed by atoms with Crippen molar-refractivity contribution in [3.63, 3.8) is 0 Å². The molecule has 0 bridgehead atoms. The Hall–Kier alpha value is -1.95. The average molecular weight is 344 g/mol. The van der Waals surface area contributed by atoms with Gasteiger partial charge < -0.3 is 15.2 Å². The Bertz CT molecular complexity index is 621. The van der Waals surface area contributed by atoms with Crippen molar-refractivity contribution in [2.75, 3.05) is 11.9 Å². The van der Waals surface area contributed by atoms with Crippen molar-refractivity contribution in [1.82, 2.24) is 14.9 Å². The summed E-state index contributed by atoms with van der Waals surface area (Å²) in [5.74, 6) is 0. The lowest BCUT2D eigenvalue weighted by atomic mass is 10.3. The van der Waals surface area contributed by atoms with E-state index in [0.29, 0.717) is 6.54 Å². The van der Waals surface area contributed by atoms with E-state index >= 15 is 0 Å². The summed E-state index contributed by atoms with van der Waals surface area (Å²) >= 11 is 1.96. The number of amides is 2. The molecule has 0 atom stereocenters. The van der Waals surface area contributed by atoms with Crippen LogP contribution >= 0.6 is 11.8 Å². The Morgan fingerprint density at radius 2 is 2.04 bits per heavy atom. The molecule has 0 spiro atoms. The van der Waals surface area contributed by atoms with E-state index in [1.165, 1.54) is 30.6 Å². The molecule has 2 amide bonds. The molecule has 1 aliphatic rings. The minimum Gasteiger partial charge on any atom is -0.338 e. The fourth-order valence-corrected chi connectivity index (χ4v) is 4.12. The van der Waals surface area contributed by atoms with Crippen LogP contribution in [0.1, 0.15) is 32.1 Å². The molecule has 0 aliphatic heterocycles. The number of urea groups is 1. The fourth-order valence-electron chi connectivity index (χ4n) is 2.87. The van der Waals surface area contributed by atoms with Gasteiger partial charge in [0.2, 0.25) is 0 Å². The summed E-state index contributed by atoms with van der Waals surface area (Å²) in [4.78, 5) is 17.2. The van der Waals surface area contributed by atoms with Crippen LogP contribution in [-0.2, 0) is 6.54 Å². The summed E-state index contributed by atoms with van der Waals surface area (Å²) in [6.07, 6.45) is 11.7. The molecule has 24 heavy (non-hydrogen) atoms. The Kier molecular flexibility index (Phi) is 6.18. The van der Waals surface area contributed by atoms with Gasteiger partial charge in [-0.05, 0) is 43.5 Å². The van der Waals surface area contributed by atoms with E-state index in [4.69, 9.17) is 0 Å². The van der Waals surface area contributed by atoms with Crippen LogP contribution in [0.2, 0.25) is 0 Å². The number of carbonyl (C=O) groups is 1. The van der Waals surface area contributed by atoms with Crippen LogP contribution < -0.4 is 10.6 Å². The van der Waals surface area contributed by atoms with Gasteiger partial charge >= 0.3 is 6.03 Å². The maximum absolute atomic E-state index is 11.9. The highest BCUT2D eigenvalue weighted by atomic mass is 32.2. The molecular weight excluding hydrogens is 320 g/mol. The van der Waals surface area contributed by atoms with E-state index in [0.717, 1.165) is 23.9 Å². The number of aryl methyl sites for hydroxylation is 1. The molecule has 0 unspecified atom stereocenters. The SMILES string of the molecule is O=C(NCCCn1ccnc1)Nc1ccc(SC2CCCC2)cc1. The van der Waals surface area contributed by atoms with Crippen molar-refractivity contribution < 1.29 is 4.79 Å². The first-order valence-corrected chi connectivity index (χ1v) is 9.45. The van der Waals surface area contributed by atoms with E-state index < -0.39 is 0 Å². The Morgan fingerprint density at radius 3 is 2.75 bits per heavy atom. The molecule has 1 aromatic heterocycles. The van der Waals surface area contributed by atoms with Crippen molar-refractivity contribution in [2.24, 2.45) is 0 Å². The fraction of sp³-hybridized carbons (Fsp3) is 0.444. The number of benzene rings is 1. The number of imidazole rings is 1. The first kappa shape index (κ1) is 16.9. The van der Waals surface area contributed by atoms with Crippen molar-refractivity contribution in [2.45, 2.75) is 48.8 Å². The second-order valence-electron chi connectivity index (χ2n) is 6.08. The molecule has 1 fully saturated rings. The van der Waals surface area contributed by atoms with Gasteiger partial charge in [-0.2, -0.15) is 0 Å². The molecule has 3 rings (SSSR count). The van der Waals surface area contributed by atoms with Gasteiger partial charge in [-0.3, -0.25) is 0 Å². The first-order valence-electron chi connectivity index (χ1n) is 8.57. The highest BCUT2D eigenvalue weighted by Crippen LogP contribution is 2.34. The predicted octanol–water partition coefficient (Wildman–Crippen LogP) is 4.13. The van der Waals surface area contributed by atoms with Crippen molar-refractivity contribution in [1.29, 1.82) is 0 Å². The van der Waals surface area contributed by atoms with Crippen LogP contribution in [0.5, 0.6) is 0 Å². The third kappa shape index (κ3) is 5.30. The van der Waals surface area contributed by atoms with E-state index in [1.54, 1.807) is 12.5 Å². The van der Waals surface area contributed by atoms with Crippen molar-refractivity contribution >= 4 is 23.5 Å². The van der Waals surface area contributed by atoms with Crippen molar-refractivity contribution in [3.8, 4) is 0 Å². The number of rotatable bonds is 7. The third-order valence-electron chi connectivity index (χ3n) is 4.15. The van der Waals surface area contributed by atoms with E-state index in [2.05, 4.69) is 27.8 Å². The Labute approximate surface area is 147 Å². The second kappa shape index (κ2) is 8.78. The molecular formula is C18H24N4OS. The summed E-state index contributed by atoms with van der Waals surface area (Å²) in [6.45, 7) is 1.49. The number of nitrogens with one attached hydrogen (secondary N) is 2. The van der Waals surface area contributed by atoms with Gasteiger partial charge in [0, 0.05) is 41.3 Å². The molecule has 1 saturated carbocycles. The number of anilines is 1. The Balaban J connectivity index is 1.36. The topological polar surface area (TPSA) is 59.0 Å². The lowest BCUT2D eigenvalue weighted by Gasteiger charge is -2.10. The molecule has 128 valence electrons. The van der Waals surface area contributed by atoms with Crippen LogP contribution in [0, 0.1) is 0 Å². The van der Waals surface area contributed by atoms with Crippen LogP contribution in [0.4, 0.5) is 10.5 Å². The number of thioether (sulfide) groups is 1. The van der Waals surface area contributed by atoms with Gasteiger partial charge in [0.1, 0.15) is 0 Å². The van der Waals surface area contributed by atoms with Crippen LogP contribution in [0.3, 0.4) is 0 Å². The van der Waals surface area contributed by atoms with Gasteiger partial charge in [-0.15, -0.1) is 11.8 Å². The Morgan fingerprint density at radius 1 is 1.25 bits per heavy atom. The standard InChI is InChI=1S/C18H24N4OS/c23-18(20-10-3-12-22-13-11-19-14-22)21-15-6-8-17(9-7-15)24-16-4-1-2-5-16/h6-9,11,13-14,16H,1-5,10,12H2,(H2,20,21,23). The highest BCUT2D eigenvalue weighted by molar-refractivity contribution is 8.00. The maximum atomic E-state index is 11.9. The summed E-state index contributed by atoms with van der Waals surface area (Å²) in [7, 11) is 0. The zero-order valence-electron chi connectivity index (χ0n) is 13.8. The van der Waals surface area contributed by atoms with Crippen LogP contribution in [0.25, 0.3) is 0 Å². The largest absolute Gasteiger partial charge is 0.338 e. The van der Waals surface area contributed by atoms with E-state index in [1.807, 2.05) is 34.7 Å². The number of hydrogen-bond donors (Lipinski definition) is 2. The van der Waals surface area contributed by atoms with Gasteiger partial charge in [0.05, 0.1) is 6.33 Å². The number of nitrogens with zero attached hydrogens (tertiary/aromatic N) is 2. The smallest absolute Gasteiger partial charge is 0.319 e. The number of aromatic nitrogens is 2. The zero-order chi connectivity index (χ0) is 16.6. The van der Waals surface area contributed by atoms with Crippen molar-refractivity contribution in [3.05, 3.63) is 43.0 Å². The zero-order valence-corrected chi connectivity index (χ0v) is 14.6. The lowest BCUT2D eigenvalue weighted by Crippen LogP contribution is -2.29. The molecule has 6 heteroatoms. The monoisotopic (exact) mass is 344 g/mol. The third-order valence-corrected chi connectivity index (χ3v) is 5.50. The van der Waals surface area contributed by atoms with Crippen LogP contribution in [0.15, 0.2) is 47.9 Å². The van der Waals surface area contributed by atoms with Gasteiger partial charge in [0.25, 0.3) is 0 Å². The molecule has 2 N–H and O–H groups in total. The first-order chi connectivity index (χ1) is 11.8. The van der Waals surface area contributed by atoms with Gasteiger partial charge in [0.15, 0.2) is 0 Å². The number of hydrogen-bond acceptors (Lipinski definition) is 3. The molecule has 1 aliphatic carbocycles. The number of carbonyl (C=O) groups excluding carboxylic acids is 1. The van der Waals surface area contributed by atoms with Gasteiger partial charge in [-0.25, -0.2) is 9.78 Å². The molecule has 0 radical (unpaired) electrons. The lowest BCUT2D eigenvalue weighted by molar-refractivity contribution is 0.252.